The maximum Gasteiger partial charge on any atom is 0.135 e. The van der Waals surface area contributed by atoms with Gasteiger partial charge in [-0.2, -0.15) is 0 Å². The Morgan fingerprint density at radius 3 is 2.44 bits per heavy atom. The Balaban J connectivity index is 2.09. The fraction of sp³-hybridized carbons (Fsp3) is 0.933. The Bertz CT molecular complexity index is 279. The van der Waals surface area contributed by atoms with E-state index in [1.54, 1.807) is 0 Å². The molecule has 2 fully saturated rings. The van der Waals surface area contributed by atoms with Gasteiger partial charge in [-0.15, -0.1) is 0 Å². The van der Waals surface area contributed by atoms with Crippen LogP contribution in [0.1, 0.15) is 59.8 Å². The number of rotatable bonds is 0. The van der Waals surface area contributed by atoms with E-state index in [9.17, 15) is 4.79 Å². The molecule has 2 rings (SSSR count). The first-order valence-electron chi connectivity index (χ1n) is 6.94. The molecule has 4 atom stereocenters. The van der Waals surface area contributed by atoms with Crippen LogP contribution in [0.3, 0.4) is 0 Å². The summed E-state index contributed by atoms with van der Waals surface area (Å²) in [5, 5.41) is 0. The van der Waals surface area contributed by atoms with Crippen LogP contribution in [-0.4, -0.2) is 5.78 Å². The molecule has 1 nitrogen and oxygen atoms in total. The molecule has 0 spiro atoms. The average Bonchev–Trinajstić information content (AvgIpc) is 2.24. The number of carbonyl (C=O) groups excluding carboxylic acids is 1. The van der Waals surface area contributed by atoms with Crippen molar-refractivity contribution in [3.8, 4) is 0 Å². The van der Waals surface area contributed by atoms with Crippen LogP contribution in [0.2, 0.25) is 0 Å². The topological polar surface area (TPSA) is 17.1 Å². The SMILES string of the molecule is CC1CCC2C(CC2(C)C)C(C)CCC1=O. The quantitative estimate of drug-likeness (QED) is 0.604. The number of hydrogen-bond donors (Lipinski definition) is 0. The summed E-state index contributed by atoms with van der Waals surface area (Å²) in [5.74, 6) is 3.34. The predicted molar refractivity (Wildman–Crippen MR) is 67.2 cm³/mol. The zero-order valence-corrected chi connectivity index (χ0v) is 11.3. The molecule has 2 aliphatic carbocycles. The van der Waals surface area contributed by atoms with E-state index in [-0.39, 0.29) is 0 Å². The summed E-state index contributed by atoms with van der Waals surface area (Å²) in [6.45, 7) is 9.30. The van der Waals surface area contributed by atoms with Crippen LogP contribution in [0.25, 0.3) is 0 Å². The van der Waals surface area contributed by atoms with Gasteiger partial charge in [0.15, 0.2) is 0 Å². The predicted octanol–water partition coefficient (Wildman–Crippen LogP) is 4.06. The summed E-state index contributed by atoms with van der Waals surface area (Å²) in [6, 6.07) is 0. The second kappa shape index (κ2) is 4.16. The molecule has 16 heavy (non-hydrogen) atoms. The highest BCUT2D eigenvalue weighted by Crippen LogP contribution is 2.57. The van der Waals surface area contributed by atoms with Gasteiger partial charge in [0.05, 0.1) is 0 Å². The van der Waals surface area contributed by atoms with Crippen LogP contribution in [0, 0.1) is 29.1 Å². The molecule has 4 unspecified atom stereocenters. The van der Waals surface area contributed by atoms with Crippen LogP contribution in [-0.2, 0) is 4.79 Å². The molecule has 0 aromatic carbocycles. The van der Waals surface area contributed by atoms with Gasteiger partial charge >= 0.3 is 0 Å². The Kier molecular flexibility index (Phi) is 3.16. The maximum absolute atomic E-state index is 11.9. The van der Waals surface area contributed by atoms with Crippen molar-refractivity contribution in [2.75, 3.05) is 0 Å². The minimum absolute atomic E-state index is 0.308. The molecule has 0 bridgehead atoms. The molecule has 0 radical (unpaired) electrons. The highest BCUT2D eigenvalue weighted by Gasteiger charge is 2.48. The molecule has 0 aromatic rings. The molecular formula is C15H26O. The van der Waals surface area contributed by atoms with Crippen molar-refractivity contribution in [2.24, 2.45) is 29.1 Å². The van der Waals surface area contributed by atoms with Gasteiger partial charge in [0.2, 0.25) is 0 Å². The molecule has 92 valence electrons. The van der Waals surface area contributed by atoms with Crippen molar-refractivity contribution in [2.45, 2.75) is 59.8 Å². The van der Waals surface area contributed by atoms with Crippen molar-refractivity contribution >= 4 is 5.78 Å². The van der Waals surface area contributed by atoms with E-state index < -0.39 is 0 Å². The average molecular weight is 222 g/mol. The molecule has 1 heteroatoms. The molecule has 0 aliphatic heterocycles. The first kappa shape index (κ1) is 12.1. The van der Waals surface area contributed by atoms with Crippen molar-refractivity contribution < 1.29 is 4.79 Å². The molecule has 2 saturated carbocycles. The number of Topliss-reactive ketones (excluding diaryl/α,β-unsaturated/α-hetero) is 1. The standard InChI is InChI=1S/C15H26O/c1-10-6-8-14(16)11(2)5-7-13-12(10)9-15(13,3)4/h10-13H,5-9H2,1-4H3. The van der Waals surface area contributed by atoms with Gasteiger partial charge in [-0.1, -0.05) is 27.7 Å². The normalized spacial score (nSPS) is 43.6. The minimum atomic E-state index is 0.308. The fourth-order valence-electron chi connectivity index (χ4n) is 3.94. The van der Waals surface area contributed by atoms with Crippen LogP contribution in [0.5, 0.6) is 0 Å². The van der Waals surface area contributed by atoms with E-state index in [0.29, 0.717) is 17.1 Å². The summed E-state index contributed by atoms with van der Waals surface area (Å²) in [5.41, 5.74) is 0.534. The number of fused-ring (bicyclic) bond motifs is 1. The van der Waals surface area contributed by atoms with Crippen LogP contribution < -0.4 is 0 Å². The highest BCUT2D eigenvalue weighted by atomic mass is 16.1. The van der Waals surface area contributed by atoms with E-state index >= 15 is 0 Å². The van der Waals surface area contributed by atoms with E-state index in [1.807, 2.05) is 0 Å². The number of carbonyl (C=O) groups is 1. The third kappa shape index (κ3) is 2.06. The first-order chi connectivity index (χ1) is 7.42. The lowest BCUT2D eigenvalue weighted by Gasteiger charge is -2.54. The van der Waals surface area contributed by atoms with Crippen molar-refractivity contribution in [3.05, 3.63) is 0 Å². The summed E-state index contributed by atoms with van der Waals surface area (Å²) < 4.78 is 0. The lowest BCUT2D eigenvalue weighted by molar-refractivity contribution is -0.122. The van der Waals surface area contributed by atoms with Crippen molar-refractivity contribution in [1.29, 1.82) is 0 Å². The third-order valence-corrected chi connectivity index (χ3v) is 5.32. The lowest BCUT2D eigenvalue weighted by Crippen LogP contribution is -2.46. The smallest absolute Gasteiger partial charge is 0.135 e. The zero-order chi connectivity index (χ0) is 11.9. The van der Waals surface area contributed by atoms with E-state index in [4.69, 9.17) is 0 Å². The summed E-state index contributed by atoms with van der Waals surface area (Å²) in [7, 11) is 0. The van der Waals surface area contributed by atoms with Gasteiger partial charge in [0, 0.05) is 12.3 Å². The third-order valence-electron chi connectivity index (χ3n) is 5.32. The number of ketones is 1. The van der Waals surface area contributed by atoms with E-state index in [0.717, 1.165) is 37.0 Å². The molecule has 0 amide bonds. The fourth-order valence-corrected chi connectivity index (χ4v) is 3.94. The molecule has 0 N–H and O–H groups in total. The van der Waals surface area contributed by atoms with Gasteiger partial charge in [0.1, 0.15) is 5.78 Å². The Hall–Kier alpha value is -0.330. The molecule has 0 saturated heterocycles. The van der Waals surface area contributed by atoms with Crippen LogP contribution >= 0.6 is 0 Å². The summed E-state index contributed by atoms with van der Waals surface area (Å²) in [6.07, 6.45) is 5.72. The largest absolute Gasteiger partial charge is 0.299 e. The summed E-state index contributed by atoms with van der Waals surface area (Å²) >= 11 is 0. The van der Waals surface area contributed by atoms with Crippen molar-refractivity contribution in [1.82, 2.24) is 0 Å². The van der Waals surface area contributed by atoms with Gasteiger partial charge < -0.3 is 0 Å². The molecule has 0 heterocycles. The van der Waals surface area contributed by atoms with Crippen molar-refractivity contribution in [3.63, 3.8) is 0 Å². The molecule has 2 aliphatic rings. The summed E-state index contributed by atoms with van der Waals surface area (Å²) in [4.78, 5) is 11.9. The van der Waals surface area contributed by atoms with Gasteiger partial charge in [0.25, 0.3) is 0 Å². The van der Waals surface area contributed by atoms with Crippen LogP contribution in [0.4, 0.5) is 0 Å². The molecular weight excluding hydrogens is 196 g/mol. The second-order valence-corrected chi connectivity index (χ2v) is 6.92. The van der Waals surface area contributed by atoms with Gasteiger partial charge in [-0.25, -0.2) is 0 Å². The van der Waals surface area contributed by atoms with E-state index in [2.05, 4.69) is 27.7 Å². The number of hydrogen-bond acceptors (Lipinski definition) is 1. The molecule has 0 aromatic heterocycles. The first-order valence-corrected chi connectivity index (χ1v) is 6.94. The Labute approximate surface area is 100.0 Å². The second-order valence-electron chi connectivity index (χ2n) is 6.92. The van der Waals surface area contributed by atoms with Crippen LogP contribution in [0.15, 0.2) is 0 Å². The van der Waals surface area contributed by atoms with E-state index in [1.165, 1.54) is 12.8 Å². The van der Waals surface area contributed by atoms with Gasteiger partial charge in [-0.05, 0) is 48.9 Å². The van der Waals surface area contributed by atoms with Gasteiger partial charge in [-0.3, -0.25) is 4.79 Å². The monoisotopic (exact) mass is 222 g/mol. The lowest BCUT2D eigenvalue weighted by atomic mass is 9.51. The Morgan fingerprint density at radius 1 is 1.12 bits per heavy atom. The zero-order valence-electron chi connectivity index (χ0n) is 11.3. The highest BCUT2D eigenvalue weighted by molar-refractivity contribution is 5.80. The maximum atomic E-state index is 11.9. The minimum Gasteiger partial charge on any atom is -0.299 e. The Morgan fingerprint density at radius 2 is 1.81 bits per heavy atom.